The molecule has 100 valence electrons. The van der Waals surface area contributed by atoms with Crippen molar-refractivity contribution in [3.05, 3.63) is 0 Å². The van der Waals surface area contributed by atoms with Crippen molar-refractivity contribution in [1.29, 1.82) is 0 Å². The maximum Gasteiger partial charge on any atom is 0.243 e. The Bertz CT molecular complexity index is 370. The number of hydrogen-bond donors (Lipinski definition) is 1. The molecule has 4 nitrogen and oxygen atoms in total. The predicted molar refractivity (Wildman–Crippen MR) is 71.0 cm³/mol. The lowest BCUT2D eigenvalue weighted by Crippen LogP contribution is -2.48. The number of hydrogen-bond acceptors (Lipinski definition) is 3. The number of thioether (sulfide) groups is 1. The van der Waals surface area contributed by atoms with Gasteiger partial charge in [0.05, 0.1) is 5.88 Å². The third-order valence-corrected chi connectivity index (χ3v) is 5.17. The van der Waals surface area contributed by atoms with Crippen molar-refractivity contribution >= 4 is 23.6 Å². The summed E-state index contributed by atoms with van der Waals surface area (Å²) in [6.07, 6.45) is 3.47. The lowest BCUT2D eigenvalue weighted by molar-refractivity contribution is -0.139. The second-order valence-electron chi connectivity index (χ2n) is 5.83. The van der Waals surface area contributed by atoms with Crippen LogP contribution in [0.25, 0.3) is 0 Å². The smallest absolute Gasteiger partial charge is 0.243 e. The largest absolute Gasteiger partial charge is 0.354 e. The van der Waals surface area contributed by atoms with Crippen LogP contribution in [0.2, 0.25) is 0 Å². The molecular formula is C13H20N2O2S. The first-order valence-electron chi connectivity index (χ1n) is 6.82. The van der Waals surface area contributed by atoms with Gasteiger partial charge in [0.15, 0.2) is 0 Å². The van der Waals surface area contributed by atoms with Crippen LogP contribution in [0.1, 0.15) is 26.2 Å². The molecule has 0 aromatic rings. The maximum atomic E-state index is 12.2. The molecule has 1 aliphatic heterocycles. The third kappa shape index (κ3) is 2.51. The zero-order valence-corrected chi connectivity index (χ0v) is 11.5. The molecule has 5 heteroatoms. The summed E-state index contributed by atoms with van der Waals surface area (Å²) >= 11 is 1.69. The van der Waals surface area contributed by atoms with Gasteiger partial charge >= 0.3 is 0 Å². The fraction of sp³-hybridized carbons (Fsp3) is 0.846. The van der Waals surface area contributed by atoms with Crippen molar-refractivity contribution in [3.63, 3.8) is 0 Å². The van der Waals surface area contributed by atoms with Gasteiger partial charge in [0, 0.05) is 18.2 Å². The number of carbonyl (C=O) groups excluding carboxylic acids is 2. The van der Waals surface area contributed by atoms with E-state index in [1.54, 1.807) is 16.7 Å². The fourth-order valence-electron chi connectivity index (χ4n) is 2.44. The van der Waals surface area contributed by atoms with Gasteiger partial charge in [0.2, 0.25) is 11.8 Å². The van der Waals surface area contributed by atoms with E-state index >= 15 is 0 Å². The third-order valence-electron chi connectivity index (χ3n) is 4.16. The minimum absolute atomic E-state index is 0.0496. The Balaban J connectivity index is 1.55. The monoisotopic (exact) mass is 268 g/mol. The lowest BCUT2D eigenvalue weighted by Gasteiger charge is -2.23. The Morgan fingerprint density at radius 1 is 1.39 bits per heavy atom. The number of amides is 2. The minimum Gasteiger partial charge on any atom is -0.354 e. The highest BCUT2D eigenvalue weighted by molar-refractivity contribution is 7.99. The molecule has 3 rings (SSSR count). The molecule has 1 N–H and O–H groups in total. The van der Waals surface area contributed by atoms with E-state index in [4.69, 9.17) is 0 Å². The first-order chi connectivity index (χ1) is 8.66. The predicted octanol–water partition coefficient (Wildman–Crippen LogP) is 1.07. The Morgan fingerprint density at radius 2 is 2.11 bits per heavy atom. The highest BCUT2D eigenvalue weighted by Crippen LogP contribution is 2.40. The highest BCUT2D eigenvalue weighted by Gasteiger charge is 2.45. The quantitative estimate of drug-likeness (QED) is 0.830. The van der Waals surface area contributed by atoms with Crippen LogP contribution in [-0.4, -0.2) is 40.9 Å². The summed E-state index contributed by atoms with van der Waals surface area (Å²) in [5, 5.41) is 3.00. The fourth-order valence-corrected chi connectivity index (χ4v) is 3.60. The van der Waals surface area contributed by atoms with Crippen molar-refractivity contribution in [2.45, 2.75) is 32.2 Å². The van der Waals surface area contributed by atoms with Crippen LogP contribution in [0.3, 0.4) is 0 Å². The molecule has 2 amide bonds. The maximum absolute atomic E-state index is 12.2. The van der Waals surface area contributed by atoms with Crippen molar-refractivity contribution in [3.8, 4) is 0 Å². The zero-order valence-electron chi connectivity index (χ0n) is 10.7. The molecule has 0 spiro atoms. The molecule has 1 saturated heterocycles. The molecule has 3 atom stereocenters. The van der Waals surface area contributed by atoms with E-state index in [1.807, 2.05) is 0 Å². The number of nitrogens with zero attached hydrogens (tertiary/aromatic N) is 1. The Labute approximate surface area is 112 Å². The van der Waals surface area contributed by atoms with Crippen LogP contribution >= 0.6 is 11.8 Å². The van der Waals surface area contributed by atoms with Crippen LogP contribution in [0.5, 0.6) is 0 Å². The summed E-state index contributed by atoms with van der Waals surface area (Å²) in [4.78, 5) is 26.1. The normalized spacial score (nSPS) is 34.5. The molecule has 0 bridgehead atoms. The Morgan fingerprint density at radius 3 is 2.72 bits per heavy atom. The van der Waals surface area contributed by atoms with Crippen LogP contribution in [0, 0.1) is 17.8 Å². The molecule has 2 saturated carbocycles. The van der Waals surface area contributed by atoms with E-state index in [1.165, 1.54) is 12.8 Å². The van der Waals surface area contributed by atoms with Crippen LogP contribution < -0.4 is 5.32 Å². The molecule has 0 unspecified atom stereocenters. The molecule has 1 heterocycles. The SMILES string of the molecule is C[C@@H]1C[C@@H]1C(=O)N1CSC[C@H]1C(=O)NCC1CC1. The molecule has 0 radical (unpaired) electrons. The van der Waals surface area contributed by atoms with E-state index in [0.29, 0.717) is 17.7 Å². The van der Waals surface area contributed by atoms with Gasteiger partial charge in [-0.3, -0.25) is 9.59 Å². The second-order valence-corrected chi connectivity index (χ2v) is 6.83. The van der Waals surface area contributed by atoms with Gasteiger partial charge in [-0.1, -0.05) is 6.92 Å². The topological polar surface area (TPSA) is 49.4 Å². The zero-order chi connectivity index (χ0) is 12.7. The van der Waals surface area contributed by atoms with Gasteiger partial charge in [0.25, 0.3) is 0 Å². The van der Waals surface area contributed by atoms with Gasteiger partial charge < -0.3 is 10.2 Å². The van der Waals surface area contributed by atoms with Gasteiger partial charge in [-0.25, -0.2) is 0 Å². The summed E-state index contributed by atoms with van der Waals surface area (Å²) in [5.41, 5.74) is 0. The van der Waals surface area contributed by atoms with Crippen LogP contribution in [-0.2, 0) is 9.59 Å². The van der Waals surface area contributed by atoms with E-state index in [-0.39, 0.29) is 23.8 Å². The average Bonchev–Trinajstić information content (AvgIpc) is 3.25. The van der Waals surface area contributed by atoms with Crippen molar-refractivity contribution in [1.82, 2.24) is 10.2 Å². The molecular weight excluding hydrogens is 248 g/mol. The Hall–Kier alpha value is -0.710. The van der Waals surface area contributed by atoms with Gasteiger partial charge in [-0.2, -0.15) is 0 Å². The number of carbonyl (C=O) groups is 2. The average molecular weight is 268 g/mol. The molecule has 0 aromatic carbocycles. The standard InChI is InChI=1S/C13H20N2O2S/c1-8-4-10(8)13(17)15-7-18-6-11(15)12(16)14-5-9-2-3-9/h8-11H,2-7H2,1H3,(H,14,16)/t8-,10+,11+/m1/s1. The Kier molecular flexibility index (Phi) is 3.26. The van der Waals surface area contributed by atoms with E-state index in [9.17, 15) is 9.59 Å². The summed E-state index contributed by atoms with van der Waals surface area (Å²) in [5.74, 6) is 3.07. The van der Waals surface area contributed by atoms with Gasteiger partial charge in [-0.05, 0) is 31.1 Å². The van der Waals surface area contributed by atoms with Gasteiger partial charge in [-0.15, -0.1) is 11.8 Å². The van der Waals surface area contributed by atoms with Crippen molar-refractivity contribution in [2.75, 3.05) is 18.2 Å². The highest BCUT2D eigenvalue weighted by atomic mass is 32.2. The van der Waals surface area contributed by atoms with E-state index < -0.39 is 0 Å². The molecule has 3 aliphatic rings. The first kappa shape index (κ1) is 12.3. The van der Waals surface area contributed by atoms with Crippen molar-refractivity contribution < 1.29 is 9.59 Å². The summed E-state index contributed by atoms with van der Waals surface area (Å²) in [6.45, 7) is 2.90. The number of rotatable bonds is 4. The molecule has 18 heavy (non-hydrogen) atoms. The van der Waals surface area contributed by atoms with E-state index in [2.05, 4.69) is 12.2 Å². The number of nitrogens with one attached hydrogen (secondary N) is 1. The van der Waals surface area contributed by atoms with Crippen molar-refractivity contribution in [2.24, 2.45) is 17.8 Å². The molecule has 2 aliphatic carbocycles. The second kappa shape index (κ2) is 4.76. The van der Waals surface area contributed by atoms with Crippen LogP contribution in [0.4, 0.5) is 0 Å². The lowest BCUT2D eigenvalue weighted by atomic mass is 10.2. The van der Waals surface area contributed by atoms with Gasteiger partial charge in [0.1, 0.15) is 6.04 Å². The molecule has 0 aromatic heterocycles. The van der Waals surface area contributed by atoms with E-state index in [0.717, 1.165) is 18.7 Å². The summed E-state index contributed by atoms with van der Waals surface area (Å²) in [6, 6.07) is -0.228. The summed E-state index contributed by atoms with van der Waals surface area (Å²) < 4.78 is 0. The first-order valence-corrected chi connectivity index (χ1v) is 7.98. The minimum atomic E-state index is -0.228. The molecule has 3 fully saturated rings. The van der Waals surface area contributed by atoms with Crippen LogP contribution in [0.15, 0.2) is 0 Å². The summed E-state index contributed by atoms with van der Waals surface area (Å²) in [7, 11) is 0.